The molecule has 2 aromatic heterocycles. The van der Waals surface area contributed by atoms with Crippen LogP contribution in [-0.2, 0) is 11.8 Å². The van der Waals surface area contributed by atoms with Crippen molar-refractivity contribution in [2.75, 3.05) is 13.2 Å². The molecule has 1 aliphatic rings. The zero-order valence-electron chi connectivity index (χ0n) is 26.0. The summed E-state index contributed by atoms with van der Waals surface area (Å²) in [7, 11) is 1.54. The smallest absolute Gasteiger partial charge is 0.410 e. The predicted octanol–water partition coefficient (Wildman–Crippen LogP) is 5.74. The zero-order valence-corrected chi connectivity index (χ0v) is 26.8. The molecule has 0 aliphatic carbocycles. The number of hydrogen-bond acceptors (Lipinski definition) is 6. The van der Waals surface area contributed by atoms with Gasteiger partial charge in [-0.15, -0.1) is 4.73 Å². The summed E-state index contributed by atoms with van der Waals surface area (Å²) in [6.45, 7) is 10.2. The van der Waals surface area contributed by atoms with Crippen LogP contribution in [0.5, 0.6) is 5.88 Å². The lowest BCUT2D eigenvalue weighted by Gasteiger charge is -2.36. The fraction of sp³-hybridized carbons (Fsp3) is 0.424. The second kappa shape index (κ2) is 12.1. The number of likely N-dealkylation sites (tertiary alicyclic amines) is 1. The number of amides is 1. The van der Waals surface area contributed by atoms with Crippen LogP contribution in [0.15, 0.2) is 52.2 Å². The maximum Gasteiger partial charge on any atom is 0.410 e. The maximum atomic E-state index is 14.0. The van der Waals surface area contributed by atoms with Gasteiger partial charge in [0, 0.05) is 31.4 Å². The first kappa shape index (κ1) is 31.3. The fourth-order valence-electron chi connectivity index (χ4n) is 5.84. The van der Waals surface area contributed by atoms with E-state index >= 15 is 0 Å². The van der Waals surface area contributed by atoms with Gasteiger partial charge in [0.1, 0.15) is 12.2 Å². The Labute approximate surface area is 260 Å². The van der Waals surface area contributed by atoms with E-state index in [9.17, 15) is 19.5 Å². The van der Waals surface area contributed by atoms with Gasteiger partial charge in [-0.25, -0.2) is 14.2 Å². The number of carbonyl (C=O) groups is 1. The second-order valence-electron chi connectivity index (χ2n) is 12.6. The van der Waals surface area contributed by atoms with Crippen molar-refractivity contribution in [2.24, 2.45) is 7.05 Å². The van der Waals surface area contributed by atoms with Crippen LogP contribution in [0.25, 0.3) is 27.7 Å². The Morgan fingerprint density at radius 1 is 1.05 bits per heavy atom. The van der Waals surface area contributed by atoms with Crippen molar-refractivity contribution in [1.82, 2.24) is 18.8 Å². The van der Waals surface area contributed by atoms with Crippen LogP contribution in [0.1, 0.15) is 57.6 Å². The minimum absolute atomic E-state index is 0.0914. The molecule has 0 spiro atoms. The predicted molar refractivity (Wildman–Crippen MR) is 171 cm³/mol. The number of hydrogen-bond donors (Lipinski definition) is 1. The molecule has 5 rings (SSSR count). The molecule has 1 aliphatic heterocycles. The Balaban J connectivity index is 1.56. The van der Waals surface area contributed by atoms with Crippen molar-refractivity contribution in [1.29, 1.82) is 0 Å². The number of pyridine rings is 1. The quantitative estimate of drug-likeness (QED) is 0.294. The van der Waals surface area contributed by atoms with Crippen molar-refractivity contribution in [3.05, 3.63) is 79.6 Å². The highest BCUT2D eigenvalue weighted by Crippen LogP contribution is 2.31. The number of imidazole rings is 1. The van der Waals surface area contributed by atoms with Crippen molar-refractivity contribution in [3.8, 4) is 22.7 Å². The number of carbonyl (C=O) groups excluding carboxylic acids is 1. The average molecular weight is 623 g/mol. The Hall–Kier alpha value is -4.18. The molecular formula is C33H39ClN4O6. The summed E-state index contributed by atoms with van der Waals surface area (Å²) in [5, 5.41) is 11.2. The molecule has 10 nitrogen and oxygen atoms in total. The minimum Gasteiger partial charge on any atom is -0.493 e. The maximum absolute atomic E-state index is 14.0. The fourth-order valence-corrected chi connectivity index (χ4v) is 6.08. The highest BCUT2D eigenvalue weighted by atomic mass is 35.5. The molecular weight excluding hydrogens is 584 g/mol. The molecule has 3 heterocycles. The summed E-state index contributed by atoms with van der Waals surface area (Å²) in [6.07, 6.45) is 4.16. The molecule has 0 radical (unpaired) electrons. The number of fused-ring (bicyclic) bond motifs is 1. The van der Waals surface area contributed by atoms with Gasteiger partial charge in [0.15, 0.2) is 0 Å². The summed E-state index contributed by atoms with van der Waals surface area (Å²) in [5.41, 5.74) is 2.40. The number of aromatic nitrogens is 3. The van der Waals surface area contributed by atoms with Gasteiger partial charge in [0.2, 0.25) is 5.88 Å². The lowest BCUT2D eigenvalue weighted by atomic mass is 10.00. The molecule has 2 aromatic carbocycles. The molecule has 0 bridgehead atoms. The van der Waals surface area contributed by atoms with Crippen molar-refractivity contribution in [2.45, 2.75) is 71.9 Å². The molecule has 1 unspecified atom stereocenters. The van der Waals surface area contributed by atoms with E-state index < -0.39 is 11.3 Å². The van der Waals surface area contributed by atoms with Gasteiger partial charge in [0.25, 0.3) is 5.56 Å². The van der Waals surface area contributed by atoms with Crippen molar-refractivity contribution >= 4 is 28.6 Å². The number of ether oxygens (including phenoxy) is 1. The van der Waals surface area contributed by atoms with E-state index in [0.29, 0.717) is 29.4 Å². The van der Waals surface area contributed by atoms with E-state index in [0.717, 1.165) is 40.5 Å². The number of rotatable bonds is 6. The first-order valence-electron chi connectivity index (χ1n) is 14.8. The summed E-state index contributed by atoms with van der Waals surface area (Å²) in [5.74, 6) is -0.264. The third-order valence-electron chi connectivity index (χ3n) is 7.76. The third kappa shape index (κ3) is 6.36. The highest BCUT2D eigenvalue weighted by Gasteiger charge is 2.30. The SMILES string of the molecule is Cc1cc(C)cc(-c2cc3cc(-n4c(O)cn(C)c4=O)c(Cl)cc3n(OCCC3CCCCN3C(=O)OC(C)(C)C)c2=O)c1. The first-order valence-corrected chi connectivity index (χ1v) is 15.2. The molecule has 4 aromatic rings. The standard InChI is InChI=1S/C33H39ClN4O6/c1-20-13-21(2)15-22(14-20)25-16-23-17-28(37-29(39)19-35(6)31(37)41)26(34)18-27(23)38(30(25)40)43-12-10-24-9-7-8-11-36(24)32(42)44-33(3,4)5/h13-19,24,39H,7-12H2,1-6H3. The van der Waals surface area contributed by atoms with Gasteiger partial charge in [-0.1, -0.05) is 40.9 Å². The molecule has 44 heavy (non-hydrogen) atoms. The molecule has 1 fully saturated rings. The molecule has 0 saturated carbocycles. The van der Waals surface area contributed by atoms with E-state index in [1.807, 2.05) is 52.8 Å². The Kier molecular flexibility index (Phi) is 8.57. The van der Waals surface area contributed by atoms with Gasteiger partial charge in [0.05, 0.1) is 28.0 Å². The Morgan fingerprint density at radius 3 is 2.39 bits per heavy atom. The molecule has 11 heteroatoms. The number of aryl methyl sites for hydroxylation is 3. The van der Waals surface area contributed by atoms with Crippen LogP contribution in [-0.4, -0.2) is 54.8 Å². The van der Waals surface area contributed by atoms with Gasteiger partial charge in [-0.2, -0.15) is 0 Å². The van der Waals surface area contributed by atoms with Crippen molar-refractivity contribution in [3.63, 3.8) is 0 Å². The minimum atomic E-state index is -0.601. The monoisotopic (exact) mass is 622 g/mol. The van der Waals surface area contributed by atoms with E-state index in [2.05, 4.69) is 0 Å². The normalized spacial score (nSPS) is 15.5. The van der Waals surface area contributed by atoms with Crippen LogP contribution in [0.3, 0.4) is 0 Å². The van der Waals surface area contributed by atoms with Crippen LogP contribution >= 0.6 is 11.6 Å². The molecule has 234 valence electrons. The van der Waals surface area contributed by atoms with Gasteiger partial charge in [-0.05, 0) is 77.6 Å². The number of benzene rings is 2. The van der Waals surface area contributed by atoms with Crippen LogP contribution < -0.4 is 16.1 Å². The van der Waals surface area contributed by atoms with E-state index in [4.69, 9.17) is 21.2 Å². The molecule has 1 saturated heterocycles. The van der Waals surface area contributed by atoms with Crippen molar-refractivity contribution < 1.29 is 19.5 Å². The van der Waals surface area contributed by atoms with E-state index in [-0.39, 0.29) is 40.9 Å². The van der Waals surface area contributed by atoms with Crippen LogP contribution in [0.2, 0.25) is 5.02 Å². The van der Waals surface area contributed by atoms with Gasteiger partial charge < -0.3 is 19.6 Å². The summed E-state index contributed by atoms with van der Waals surface area (Å²) in [4.78, 5) is 47.7. The largest absolute Gasteiger partial charge is 0.493 e. The van der Waals surface area contributed by atoms with E-state index in [1.165, 1.54) is 22.5 Å². The molecule has 1 atom stereocenters. The third-order valence-corrected chi connectivity index (χ3v) is 8.06. The second-order valence-corrected chi connectivity index (χ2v) is 13.0. The number of halogens is 1. The lowest BCUT2D eigenvalue weighted by Crippen LogP contribution is -2.47. The molecule has 1 N–H and O–H groups in total. The van der Waals surface area contributed by atoms with Gasteiger partial charge >= 0.3 is 11.8 Å². The number of aromatic hydroxyl groups is 1. The lowest BCUT2D eigenvalue weighted by molar-refractivity contribution is 0.00382. The summed E-state index contributed by atoms with van der Waals surface area (Å²) >= 11 is 6.67. The highest BCUT2D eigenvalue weighted by molar-refractivity contribution is 6.33. The van der Waals surface area contributed by atoms with E-state index in [1.54, 1.807) is 23.1 Å². The number of piperidine rings is 1. The summed E-state index contributed by atoms with van der Waals surface area (Å²) in [6, 6.07) is 10.8. The number of nitrogens with zero attached hydrogens (tertiary/aromatic N) is 4. The topological polar surface area (TPSA) is 108 Å². The molecule has 1 amide bonds. The zero-order chi connectivity index (χ0) is 31.9. The Morgan fingerprint density at radius 2 is 1.75 bits per heavy atom. The first-order chi connectivity index (χ1) is 20.7. The Bertz CT molecular complexity index is 1830. The van der Waals surface area contributed by atoms with Gasteiger partial charge in [-0.3, -0.25) is 9.36 Å². The van der Waals surface area contributed by atoms with Crippen LogP contribution in [0.4, 0.5) is 4.79 Å². The average Bonchev–Trinajstić information content (AvgIpc) is 3.18. The summed E-state index contributed by atoms with van der Waals surface area (Å²) < 4.78 is 9.26. The van der Waals surface area contributed by atoms with Crippen LogP contribution in [0, 0.1) is 13.8 Å².